The first-order valence-electron chi connectivity index (χ1n) is 13.7. The number of alkyl carbamates (subject to hydrolysis) is 2. The second-order valence-electron chi connectivity index (χ2n) is 10.6. The van der Waals surface area contributed by atoms with Crippen molar-refractivity contribution in [2.75, 3.05) is 6.54 Å². The van der Waals surface area contributed by atoms with E-state index in [0.717, 1.165) is 16.7 Å². The van der Waals surface area contributed by atoms with Crippen molar-refractivity contribution in [3.63, 3.8) is 0 Å². The molecule has 218 valence electrons. The molecule has 3 N–H and O–H groups in total. The molecule has 0 saturated heterocycles. The number of benzene rings is 3. The summed E-state index contributed by atoms with van der Waals surface area (Å²) in [5, 5.41) is 9.07. The van der Waals surface area contributed by atoms with E-state index in [9.17, 15) is 14.4 Å². The van der Waals surface area contributed by atoms with E-state index in [2.05, 4.69) is 16.0 Å². The molecule has 0 spiro atoms. The van der Waals surface area contributed by atoms with Crippen LogP contribution in [0.25, 0.3) is 0 Å². The maximum Gasteiger partial charge on any atom is 0.408 e. The predicted molar refractivity (Wildman–Crippen MR) is 160 cm³/mol. The minimum atomic E-state index is -0.841. The number of hydrogen-bond acceptors (Lipinski definition) is 5. The van der Waals surface area contributed by atoms with Crippen LogP contribution in [0.5, 0.6) is 0 Å². The van der Waals surface area contributed by atoms with Gasteiger partial charge in [-0.1, -0.05) is 90.5 Å². The van der Waals surface area contributed by atoms with Gasteiger partial charge in [-0.15, -0.1) is 0 Å². The summed E-state index contributed by atoms with van der Waals surface area (Å²) < 4.78 is 10.6. The quantitative estimate of drug-likeness (QED) is 0.211. The fraction of sp³-hybridized carbons (Fsp3) is 0.344. The Morgan fingerprint density at radius 2 is 1.37 bits per heavy atom. The lowest BCUT2D eigenvalue weighted by molar-refractivity contribution is -0.123. The van der Waals surface area contributed by atoms with Gasteiger partial charge in [0.05, 0.1) is 6.04 Å². The molecule has 3 amide bonds. The van der Waals surface area contributed by atoms with Crippen molar-refractivity contribution in [1.82, 2.24) is 16.0 Å². The highest BCUT2D eigenvalue weighted by atomic mass is 35.5. The Morgan fingerprint density at radius 3 is 1.95 bits per heavy atom. The third-order valence-corrected chi connectivity index (χ3v) is 6.43. The predicted octanol–water partition coefficient (Wildman–Crippen LogP) is 6.54. The topological polar surface area (TPSA) is 106 Å². The lowest BCUT2D eigenvalue weighted by Crippen LogP contribution is -2.49. The highest BCUT2D eigenvalue weighted by Gasteiger charge is 2.27. The largest absolute Gasteiger partial charge is 0.445 e. The molecule has 41 heavy (non-hydrogen) atoms. The van der Waals surface area contributed by atoms with Crippen LogP contribution in [-0.2, 0) is 20.9 Å². The van der Waals surface area contributed by atoms with Crippen LogP contribution in [0.3, 0.4) is 0 Å². The molecule has 0 unspecified atom stereocenters. The van der Waals surface area contributed by atoms with Crippen LogP contribution in [0, 0.1) is 0 Å². The maximum absolute atomic E-state index is 13.5. The zero-order valence-corrected chi connectivity index (χ0v) is 24.4. The fourth-order valence-corrected chi connectivity index (χ4v) is 4.28. The summed E-state index contributed by atoms with van der Waals surface area (Å²) in [6.45, 7) is 5.70. The smallest absolute Gasteiger partial charge is 0.408 e. The monoisotopic (exact) mass is 579 g/mol. The first kappa shape index (κ1) is 31.5. The molecule has 0 aliphatic carbocycles. The van der Waals surface area contributed by atoms with Crippen molar-refractivity contribution in [2.45, 2.75) is 64.3 Å². The average molecular weight is 580 g/mol. The highest BCUT2D eigenvalue weighted by Crippen LogP contribution is 2.22. The number of carbonyl (C=O) groups is 3. The first-order valence-corrected chi connectivity index (χ1v) is 14.0. The summed E-state index contributed by atoms with van der Waals surface area (Å²) in [4.78, 5) is 38.2. The van der Waals surface area contributed by atoms with Gasteiger partial charge in [0, 0.05) is 17.1 Å². The van der Waals surface area contributed by atoms with Crippen LogP contribution in [0.15, 0.2) is 84.9 Å². The van der Waals surface area contributed by atoms with E-state index in [1.165, 1.54) is 0 Å². The molecular formula is C32H38ClN3O5. The van der Waals surface area contributed by atoms with Gasteiger partial charge in [-0.05, 0) is 57.2 Å². The number of halogens is 1. The molecule has 3 rings (SSSR count). The van der Waals surface area contributed by atoms with Gasteiger partial charge < -0.3 is 25.4 Å². The van der Waals surface area contributed by atoms with Crippen LogP contribution in [0.1, 0.15) is 62.8 Å². The Labute approximate surface area is 246 Å². The molecule has 1 atom stereocenters. The molecule has 0 radical (unpaired) electrons. The maximum atomic E-state index is 13.5. The van der Waals surface area contributed by atoms with Crippen molar-refractivity contribution >= 4 is 29.7 Å². The van der Waals surface area contributed by atoms with Crippen molar-refractivity contribution in [1.29, 1.82) is 0 Å². The number of nitrogens with one attached hydrogen (secondary N) is 3. The first-order chi connectivity index (χ1) is 19.6. The van der Waals surface area contributed by atoms with Gasteiger partial charge in [-0.25, -0.2) is 9.59 Å². The fourth-order valence-electron chi connectivity index (χ4n) is 4.09. The molecule has 0 heterocycles. The summed E-state index contributed by atoms with van der Waals surface area (Å²) >= 11 is 6.10. The van der Waals surface area contributed by atoms with Gasteiger partial charge in [0.1, 0.15) is 18.2 Å². The molecule has 8 nitrogen and oxygen atoms in total. The number of ether oxygens (including phenoxy) is 2. The number of unbranched alkanes of at least 4 members (excludes halogenated alkanes) is 1. The summed E-state index contributed by atoms with van der Waals surface area (Å²) in [5.41, 5.74) is 1.84. The Balaban J connectivity index is 1.58. The van der Waals surface area contributed by atoms with Gasteiger partial charge in [0.2, 0.25) is 5.91 Å². The third-order valence-electron chi connectivity index (χ3n) is 6.07. The van der Waals surface area contributed by atoms with E-state index in [1.54, 1.807) is 39.0 Å². The van der Waals surface area contributed by atoms with Gasteiger partial charge in [0.15, 0.2) is 0 Å². The molecular weight excluding hydrogens is 542 g/mol. The molecule has 0 aliphatic heterocycles. The summed E-state index contributed by atoms with van der Waals surface area (Å²) in [6.07, 6.45) is 0.244. The molecule has 0 saturated carbocycles. The summed E-state index contributed by atoms with van der Waals surface area (Å²) in [5.74, 6) is -0.333. The highest BCUT2D eigenvalue weighted by molar-refractivity contribution is 6.31. The Hall–Kier alpha value is -4.04. The van der Waals surface area contributed by atoms with Gasteiger partial charge >= 0.3 is 12.2 Å². The van der Waals surface area contributed by atoms with Gasteiger partial charge in [0.25, 0.3) is 0 Å². The third kappa shape index (κ3) is 11.2. The van der Waals surface area contributed by atoms with Crippen molar-refractivity contribution < 1.29 is 23.9 Å². The molecule has 3 aromatic rings. The standard InChI is InChI=1S/C32H38ClN3O5/c1-32(2,3)41-31(39)35-27(20-12-13-21-34-30(38)40-22-25-18-10-11-19-26(25)33)29(37)36-28(23-14-6-4-7-15-23)24-16-8-5-9-17-24/h4-11,14-19,27-28H,12-13,20-22H2,1-3H3,(H,34,38)(H,35,39)(H,36,37)/t27-/m0/s1. The molecule has 0 aliphatic rings. The second kappa shape index (κ2) is 15.7. The van der Waals surface area contributed by atoms with Gasteiger partial charge in [-0.3, -0.25) is 4.79 Å². The second-order valence-corrected chi connectivity index (χ2v) is 11.0. The minimum absolute atomic E-state index is 0.0670. The molecule has 9 heteroatoms. The van der Waals surface area contributed by atoms with E-state index in [-0.39, 0.29) is 12.5 Å². The van der Waals surface area contributed by atoms with Crippen LogP contribution in [0.2, 0.25) is 5.02 Å². The van der Waals surface area contributed by atoms with E-state index >= 15 is 0 Å². The van der Waals surface area contributed by atoms with E-state index in [0.29, 0.717) is 30.8 Å². The number of rotatable bonds is 12. The van der Waals surface area contributed by atoms with Crippen LogP contribution < -0.4 is 16.0 Å². The van der Waals surface area contributed by atoms with Crippen LogP contribution >= 0.6 is 11.6 Å². The summed E-state index contributed by atoms with van der Waals surface area (Å²) in [7, 11) is 0. The molecule has 3 aromatic carbocycles. The van der Waals surface area contributed by atoms with Crippen molar-refractivity contribution in [3.8, 4) is 0 Å². The van der Waals surface area contributed by atoms with Crippen molar-refractivity contribution in [2.24, 2.45) is 0 Å². The van der Waals surface area contributed by atoms with Crippen LogP contribution in [-0.4, -0.2) is 36.3 Å². The van der Waals surface area contributed by atoms with Crippen LogP contribution in [0.4, 0.5) is 9.59 Å². The van der Waals surface area contributed by atoms with E-state index < -0.39 is 29.9 Å². The Kier molecular flexibility index (Phi) is 12.0. The number of carbonyl (C=O) groups excluding carboxylic acids is 3. The SMILES string of the molecule is CC(C)(C)OC(=O)N[C@@H](CCCCNC(=O)OCc1ccccc1Cl)C(=O)NC(c1ccccc1)c1ccccc1. The normalized spacial score (nSPS) is 11.8. The molecule has 0 aromatic heterocycles. The minimum Gasteiger partial charge on any atom is -0.445 e. The molecule has 0 bridgehead atoms. The lowest BCUT2D eigenvalue weighted by atomic mass is 9.98. The Morgan fingerprint density at radius 1 is 0.780 bits per heavy atom. The lowest BCUT2D eigenvalue weighted by Gasteiger charge is -2.26. The number of hydrogen-bond donors (Lipinski definition) is 3. The number of amides is 3. The molecule has 0 fully saturated rings. The van der Waals surface area contributed by atoms with E-state index in [1.807, 2.05) is 66.7 Å². The zero-order chi connectivity index (χ0) is 29.7. The summed E-state index contributed by atoms with van der Waals surface area (Å²) in [6, 6.07) is 25.2. The average Bonchev–Trinajstić information content (AvgIpc) is 2.94. The van der Waals surface area contributed by atoms with Crippen molar-refractivity contribution in [3.05, 3.63) is 107 Å². The van der Waals surface area contributed by atoms with E-state index in [4.69, 9.17) is 21.1 Å². The zero-order valence-electron chi connectivity index (χ0n) is 23.7. The van der Waals surface area contributed by atoms with Gasteiger partial charge in [-0.2, -0.15) is 0 Å². The Bertz CT molecular complexity index is 1230.